The molecule has 1 heterocycles. The Balaban J connectivity index is 2.17. The average molecular weight is 275 g/mol. The predicted octanol–water partition coefficient (Wildman–Crippen LogP) is 3.87. The highest BCUT2D eigenvalue weighted by molar-refractivity contribution is 6.32. The molecule has 98 valence electrons. The Morgan fingerprint density at radius 3 is 2.63 bits per heavy atom. The van der Waals surface area contributed by atoms with Gasteiger partial charge in [0, 0.05) is 6.20 Å². The van der Waals surface area contributed by atoms with Gasteiger partial charge in [-0.1, -0.05) is 48.9 Å². The maximum atomic E-state index is 12.3. The summed E-state index contributed by atoms with van der Waals surface area (Å²) in [6.45, 7) is 1.99. The van der Waals surface area contributed by atoms with E-state index in [0.29, 0.717) is 10.8 Å². The molecule has 0 radical (unpaired) electrons. The van der Waals surface area contributed by atoms with Crippen molar-refractivity contribution in [1.29, 1.82) is 0 Å². The minimum Gasteiger partial charge on any atom is -0.323 e. The van der Waals surface area contributed by atoms with Gasteiger partial charge in [-0.3, -0.25) is 4.79 Å². The van der Waals surface area contributed by atoms with Crippen molar-refractivity contribution in [2.75, 3.05) is 5.32 Å². The first-order valence-electron chi connectivity index (χ1n) is 6.18. The number of carbonyl (C=O) groups excluding carboxylic acids is 1. The summed E-state index contributed by atoms with van der Waals surface area (Å²) in [6, 6.07) is 13.2. The van der Waals surface area contributed by atoms with Gasteiger partial charge >= 0.3 is 0 Å². The molecule has 0 saturated heterocycles. The van der Waals surface area contributed by atoms with E-state index in [0.717, 1.165) is 12.0 Å². The summed E-state index contributed by atoms with van der Waals surface area (Å²) in [7, 11) is 0. The SMILES string of the molecule is CC[C@@H](C(=O)Nc1cccnc1Cl)c1ccccc1. The number of nitrogens with zero attached hydrogens (tertiary/aromatic N) is 1. The van der Waals surface area contributed by atoms with Crippen molar-refractivity contribution < 1.29 is 4.79 Å². The van der Waals surface area contributed by atoms with Gasteiger partial charge in [0.05, 0.1) is 11.6 Å². The zero-order valence-electron chi connectivity index (χ0n) is 10.6. The second-order valence-corrected chi connectivity index (χ2v) is 4.56. The normalized spacial score (nSPS) is 11.9. The number of benzene rings is 1. The third kappa shape index (κ3) is 3.32. The molecule has 0 aliphatic rings. The molecule has 0 aliphatic heterocycles. The van der Waals surface area contributed by atoms with Gasteiger partial charge < -0.3 is 5.32 Å². The number of carbonyl (C=O) groups is 1. The number of hydrogen-bond acceptors (Lipinski definition) is 2. The average Bonchev–Trinajstić information content (AvgIpc) is 2.43. The number of halogens is 1. The molecule has 0 aliphatic carbocycles. The van der Waals surface area contributed by atoms with Gasteiger partial charge in [-0.2, -0.15) is 0 Å². The number of aromatic nitrogens is 1. The zero-order chi connectivity index (χ0) is 13.7. The maximum Gasteiger partial charge on any atom is 0.231 e. The molecule has 0 fully saturated rings. The molecular formula is C15H15ClN2O. The van der Waals surface area contributed by atoms with Crippen LogP contribution in [0.1, 0.15) is 24.8 Å². The minimum absolute atomic E-state index is 0.0661. The molecule has 2 rings (SSSR count). The molecule has 4 heteroatoms. The van der Waals surface area contributed by atoms with Gasteiger partial charge in [0.25, 0.3) is 0 Å². The van der Waals surface area contributed by atoms with Crippen molar-refractivity contribution in [3.8, 4) is 0 Å². The largest absolute Gasteiger partial charge is 0.323 e. The first-order valence-corrected chi connectivity index (χ1v) is 6.56. The Morgan fingerprint density at radius 2 is 2.00 bits per heavy atom. The van der Waals surface area contributed by atoms with Crippen LogP contribution in [-0.2, 0) is 4.79 Å². The van der Waals surface area contributed by atoms with Gasteiger partial charge in [0.1, 0.15) is 0 Å². The van der Waals surface area contributed by atoms with E-state index in [9.17, 15) is 4.79 Å². The summed E-state index contributed by atoms with van der Waals surface area (Å²) in [5.74, 6) is -0.249. The van der Waals surface area contributed by atoms with Crippen LogP contribution in [-0.4, -0.2) is 10.9 Å². The monoisotopic (exact) mass is 274 g/mol. The fraction of sp³-hybridized carbons (Fsp3) is 0.200. The van der Waals surface area contributed by atoms with Crippen molar-refractivity contribution in [3.63, 3.8) is 0 Å². The summed E-state index contributed by atoms with van der Waals surface area (Å²) >= 11 is 5.94. The van der Waals surface area contributed by atoms with E-state index in [2.05, 4.69) is 10.3 Å². The molecule has 1 aromatic carbocycles. The van der Waals surface area contributed by atoms with Crippen LogP contribution in [0.25, 0.3) is 0 Å². The molecule has 1 amide bonds. The zero-order valence-corrected chi connectivity index (χ0v) is 11.4. The molecule has 0 saturated carbocycles. The lowest BCUT2D eigenvalue weighted by molar-refractivity contribution is -0.117. The number of pyridine rings is 1. The first-order chi connectivity index (χ1) is 9.22. The Hall–Kier alpha value is -1.87. The van der Waals surface area contributed by atoms with E-state index in [1.165, 1.54) is 0 Å². The molecule has 2 aromatic rings. The quantitative estimate of drug-likeness (QED) is 0.860. The van der Waals surface area contributed by atoms with E-state index in [1.54, 1.807) is 18.3 Å². The molecule has 0 unspecified atom stereocenters. The summed E-state index contributed by atoms with van der Waals surface area (Å²) in [4.78, 5) is 16.2. The third-order valence-corrected chi connectivity index (χ3v) is 3.24. The van der Waals surface area contributed by atoms with Crippen LogP contribution in [0.5, 0.6) is 0 Å². The second kappa shape index (κ2) is 6.34. The topological polar surface area (TPSA) is 42.0 Å². The van der Waals surface area contributed by atoms with Crippen molar-refractivity contribution in [2.45, 2.75) is 19.3 Å². The fourth-order valence-electron chi connectivity index (χ4n) is 1.96. The Kier molecular flexibility index (Phi) is 4.53. The van der Waals surface area contributed by atoms with Gasteiger partial charge in [-0.05, 0) is 24.1 Å². The van der Waals surface area contributed by atoms with Crippen molar-refractivity contribution in [1.82, 2.24) is 4.98 Å². The lowest BCUT2D eigenvalue weighted by Crippen LogP contribution is -2.21. The van der Waals surface area contributed by atoms with Crippen LogP contribution in [0.2, 0.25) is 5.15 Å². The van der Waals surface area contributed by atoms with E-state index in [-0.39, 0.29) is 11.8 Å². The summed E-state index contributed by atoms with van der Waals surface area (Å²) in [5.41, 5.74) is 1.55. The van der Waals surface area contributed by atoms with Crippen molar-refractivity contribution >= 4 is 23.2 Å². The van der Waals surface area contributed by atoms with Crippen LogP contribution >= 0.6 is 11.6 Å². The highest BCUT2D eigenvalue weighted by Crippen LogP contribution is 2.23. The van der Waals surface area contributed by atoms with Crippen molar-refractivity contribution in [3.05, 3.63) is 59.4 Å². The standard InChI is InChI=1S/C15H15ClN2O/c1-2-12(11-7-4-3-5-8-11)15(19)18-13-9-6-10-17-14(13)16/h3-10,12H,2H2,1H3,(H,18,19)/t12-/m1/s1. The Labute approximate surface area is 117 Å². The minimum atomic E-state index is -0.183. The Bertz CT molecular complexity index is 557. The third-order valence-electron chi connectivity index (χ3n) is 2.94. The molecule has 3 nitrogen and oxygen atoms in total. The molecular weight excluding hydrogens is 260 g/mol. The molecule has 1 atom stereocenters. The van der Waals surface area contributed by atoms with E-state index in [1.807, 2.05) is 37.3 Å². The van der Waals surface area contributed by atoms with E-state index in [4.69, 9.17) is 11.6 Å². The smallest absolute Gasteiger partial charge is 0.231 e. The summed E-state index contributed by atoms with van der Waals surface area (Å²) in [6.07, 6.45) is 2.32. The predicted molar refractivity (Wildman–Crippen MR) is 77.4 cm³/mol. The van der Waals surface area contributed by atoms with Crippen molar-refractivity contribution in [2.24, 2.45) is 0 Å². The van der Waals surface area contributed by atoms with E-state index >= 15 is 0 Å². The van der Waals surface area contributed by atoms with Crippen LogP contribution in [0.15, 0.2) is 48.7 Å². The number of amides is 1. The lowest BCUT2D eigenvalue weighted by Gasteiger charge is -2.15. The highest BCUT2D eigenvalue weighted by Gasteiger charge is 2.19. The van der Waals surface area contributed by atoms with Crippen LogP contribution in [0.3, 0.4) is 0 Å². The molecule has 0 bridgehead atoms. The van der Waals surface area contributed by atoms with Gasteiger partial charge in [-0.15, -0.1) is 0 Å². The summed E-state index contributed by atoms with van der Waals surface area (Å²) in [5, 5.41) is 3.13. The number of rotatable bonds is 4. The number of nitrogens with one attached hydrogen (secondary N) is 1. The maximum absolute atomic E-state index is 12.3. The molecule has 1 aromatic heterocycles. The molecule has 0 spiro atoms. The van der Waals surface area contributed by atoms with Crippen LogP contribution in [0, 0.1) is 0 Å². The van der Waals surface area contributed by atoms with Gasteiger partial charge in [-0.25, -0.2) is 4.98 Å². The van der Waals surface area contributed by atoms with Crippen LogP contribution < -0.4 is 5.32 Å². The lowest BCUT2D eigenvalue weighted by atomic mass is 9.95. The first kappa shape index (κ1) is 13.6. The van der Waals surface area contributed by atoms with Crippen LogP contribution in [0.4, 0.5) is 5.69 Å². The molecule has 1 N–H and O–H groups in total. The number of hydrogen-bond donors (Lipinski definition) is 1. The molecule has 19 heavy (non-hydrogen) atoms. The Morgan fingerprint density at radius 1 is 1.26 bits per heavy atom. The fourth-order valence-corrected chi connectivity index (χ4v) is 2.12. The van der Waals surface area contributed by atoms with E-state index < -0.39 is 0 Å². The van der Waals surface area contributed by atoms with Gasteiger partial charge in [0.15, 0.2) is 5.15 Å². The highest BCUT2D eigenvalue weighted by atomic mass is 35.5. The van der Waals surface area contributed by atoms with Gasteiger partial charge in [0.2, 0.25) is 5.91 Å². The second-order valence-electron chi connectivity index (χ2n) is 4.20. The number of anilines is 1. The summed E-state index contributed by atoms with van der Waals surface area (Å²) < 4.78 is 0.